The molecule has 118 valence electrons. The van der Waals surface area contributed by atoms with Gasteiger partial charge in [0.15, 0.2) is 0 Å². The molecule has 0 aromatic rings. The molecule has 0 bridgehead atoms. The zero-order valence-corrected chi connectivity index (χ0v) is 12.6. The molecule has 2 heterocycles. The van der Waals surface area contributed by atoms with E-state index in [2.05, 4.69) is 0 Å². The zero-order chi connectivity index (χ0) is 15.4. The average Bonchev–Trinajstić information content (AvgIpc) is 2.72. The molecule has 21 heavy (non-hydrogen) atoms. The molecule has 2 aliphatic heterocycles. The maximum atomic E-state index is 12.7. The zero-order valence-electron chi connectivity index (χ0n) is 12.6. The minimum atomic E-state index is -0.913. The molecule has 0 radical (unpaired) electrons. The Morgan fingerprint density at radius 3 is 2.43 bits per heavy atom. The van der Waals surface area contributed by atoms with Gasteiger partial charge in [0, 0.05) is 26.6 Å². The topological polar surface area (TPSA) is 77.9 Å². The second-order valence-electron chi connectivity index (χ2n) is 6.04. The Balaban J connectivity index is 2.08. The minimum Gasteiger partial charge on any atom is -0.480 e. The maximum Gasteiger partial charge on any atom is 0.326 e. The SMILES string of the molecule is CC(=O)N1CCCC(C(=O)N2CCCCCC2C(=O)O)C1. The van der Waals surface area contributed by atoms with Gasteiger partial charge in [-0.25, -0.2) is 4.79 Å². The number of carboxylic acids is 1. The van der Waals surface area contributed by atoms with Crippen LogP contribution in [0, 0.1) is 5.92 Å². The third-order valence-electron chi connectivity index (χ3n) is 4.54. The summed E-state index contributed by atoms with van der Waals surface area (Å²) >= 11 is 0. The van der Waals surface area contributed by atoms with Crippen LogP contribution in [0.15, 0.2) is 0 Å². The van der Waals surface area contributed by atoms with Crippen molar-refractivity contribution in [2.24, 2.45) is 5.92 Å². The van der Waals surface area contributed by atoms with Gasteiger partial charge < -0.3 is 14.9 Å². The van der Waals surface area contributed by atoms with Gasteiger partial charge in [0.05, 0.1) is 5.92 Å². The van der Waals surface area contributed by atoms with Gasteiger partial charge in [-0.2, -0.15) is 0 Å². The molecule has 2 atom stereocenters. The summed E-state index contributed by atoms with van der Waals surface area (Å²) in [7, 11) is 0. The molecule has 0 aromatic heterocycles. The van der Waals surface area contributed by atoms with Crippen LogP contribution in [0.3, 0.4) is 0 Å². The molecule has 2 saturated heterocycles. The van der Waals surface area contributed by atoms with Crippen LogP contribution in [-0.4, -0.2) is 58.4 Å². The first kappa shape index (κ1) is 15.8. The molecule has 1 N–H and O–H groups in total. The molecule has 6 nitrogen and oxygen atoms in total. The monoisotopic (exact) mass is 296 g/mol. The van der Waals surface area contributed by atoms with Crippen LogP contribution in [0.5, 0.6) is 0 Å². The number of carboxylic acid groups (broad SMARTS) is 1. The minimum absolute atomic E-state index is 0.0156. The molecular weight excluding hydrogens is 272 g/mol. The molecule has 6 heteroatoms. The number of amides is 2. The van der Waals surface area contributed by atoms with Crippen LogP contribution in [-0.2, 0) is 14.4 Å². The van der Waals surface area contributed by atoms with Crippen molar-refractivity contribution in [2.45, 2.75) is 51.5 Å². The van der Waals surface area contributed by atoms with Crippen molar-refractivity contribution >= 4 is 17.8 Å². The Bertz CT molecular complexity index is 424. The molecule has 2 unspecified atom stereocenters. The number of carbonyl (C=O) groups excluding carboxylic acids is 2. The molecule has 0 aromatic carbocycles. The highest BCUT2D eigenvalue weighted by Gasteiger charge is 2.36. The Kier molecular flexibility index (Phi) is 5.20. The van der Waals surface area contributed by atoms with Crippen molar-refractivity contribution in [1.82, 2.24) is 9.80 Å². The van der Waals surface area contributed by atoms with Crippen molar-refractivity contribution in [3.63, 3.8) is 0 Å². The third-order valence-corrected chi connectivity index (χ3v) is 4.54. The van der Waals surface area contributed by atoms with Crippen molar-refractivity contribution in [1.29, 1.82) is 0 Å². The van der Waals surface area contributed by atoms with Gasteiger partial charge in [-0.3, -0.25) is 9.59 Å². The predicted octanol–water partition coefficient (Wildman–Crippen LogP) is 1.10. The van der Waals surface area contributed by atoms with Crippen molar-refractivity contribution in [2.75, 3.05) is 19.6 Å². The number of likely N-dealkylation sites (tertiary alicyclic amines) is 2. The Morgan fingerprint density at radius 1 is 1.00 bits per heavy atom. The number of carbonyl (C=O) groups is 3. The van der Waals surface area contributed by atoms with Crippen LogP contribution in [0.2, 0.25) is 0 Å². The van der Waals surface area contributed by atoms with Crippen LogP contribution in [0.4, 0.5) is 0 Å². The summed E-state index contributed by atoms with van der Waals surface area (Å²) in [5.74, 6) is -1.26. The molecule has 0 saturated carbocycles. The Hall–Kier alpha value is -1.59. The smallest absolute Gasteiger partial charge is 0.326 e. The largest absolute Gasteiger partial charge is 0.480 e. The van der Waals surface area contributed by atoms with E-state index >= 15 is 0 Å². The van der Waals surface area contributed by atoms with E-state index in [1.165, 1.54) is 6.92 Å². The van der Waals surface area contributed by atoms with Crippen molar-refractivity contribution < 1.29 is 19.5 Å². The van der Waals surface area contributed by atoms with Gasteiger partial charge in [0.25, 0.3) is 0 Å². The standard InChI is InChI=1S/C15H24N2O4/c1-11(18)16-8-5-6-12(10-16)14(19)17-9-4-2-3-7-13(17)15(20)21/h12-13H,2-10H2,1H3,(H,20,21). The first-order chi connectivity index (χ1) is 10.0. The summed E-state index contributed by atoms with van der Waals surface area (Å²) in [4.78, 5) is 38.8. The number of nitrogens with zero attached hydrogens (tertiary/aromatic N) is 2. The number of aliphatic carboxylic acids is 1. The summed E-state index contributed by atoms with van der Waals surface area (Å²) in [6.45, 7) is 3.16. The summed E-state index contributed by atoms with van der Waals surface area (Å²) < 4.78 is 0. The first-order valence-corrected chi connectivity index (χ1v) is 7.79. The molecular formula is C15H24N2O4. The highest BCUT2D eigenvalue weighted by Crippen LogP contribution is 2.24. The lowest BCUT2D eigenvalue weighted by atomic mass is 9.95. The molecule has 2 fully saturated rings. The van der Waals surface area contributed by atoms with E-state index in [4.69, 9.17) is 0 Å². The van der Waals surface area contributed by atoms with Crippen molar-refractivity contribution in [3.8, 4) is 0 Å². The highest BCUT2D eigenvalue weighted by atomic mass is 16.4. The lowest BCUT2D eigenvalue weighted by molar-refractivity contribution is -0.153. The summed E-state index contributed by atoms with van der Waals surface area (Å²) in [5.41, 5.74) is 0. The molecule has 0 spiro atoms. The predicted molar refractivity (Wildman–Crippen MR) is 76.6 cm³/mol. The number of piperidine rings is 1. The van der Waals surface area contributed by atoms with Crippen molar-refractivity contribution in [3.05, 3.63) is 0 Å². The van der Waals surface area contributed by atoms with E-state index in [0.717, 1.165) is 32.1 Å². The Morgan fingerprint density at radius 2 is 1.76 bits per heavy atom. The fourth-order valence-electron chi connectivity index (χ4n) is 3.33. The number of hydrogen-bond donors (Lipinski definition) is 1. The fraction of sp³-hybridized carbons (Fsp3) is 0.800. The maximum absolute atomic E-state index is 12.7. The Labute approximate surface area is 125 Å². The number of rotatable bonds is 2. The summed E-state index contributed by atoms with van der Waals surface area (Å²) in [5, 5.41) is 9.36. The van der Waals surface area contributed by atoms with Gasteiger partial charge in [-0.15, -0.1) is 0 Å². The number of hydrogen-bond acceptors (Lipinski definition) is 3. The quantitative estimate of drug-likeness (QED) is 0.827. The average molecular weight is 296 g/mol. The van der Waals surface area contributed by atoms with Crippen LogP contribution in [0.1, 0.15) is 45.4 Å². The second kappa shape index (κ2) is 6.91. The normalized spacial score (nSPS) is 27.1. The van der Waals surface area contributed by atoms with Gasteiger partial charge >= 0.3 is 5.97 Å². The second-order valence-corrected chi connectivity index (χ2v) is 6.04. The first-order valence-electron chi connectivity index (χ1n) is 7.79. The lowest BCUT2D eigenvalue weighted by Gasteiger charge is -2.36. The van der Waals surface area contributed by atoms with Crippen LogP contribution in [0.25, 0.3) is 0 Å². The molecule has 2 aliphatic rings. The lowest BCUT2D eigenvalue weighted by Crippen LogP contribution is -2.51. The van der Waals surface area contributed by atoms with Gasteiger partial charge in [0.1, 0.15) is 6.04 Å². The van der Waals surface area contributed by atoms with E-state index in [9.17, 15) is 19.5 Å². The van der Waals surface area contributed by atoms with Crippen LogP contribution < -0.4 is 0 Å². The molecule has 2 amide bonds. The van der Waals surface area contributed by atoms with E-state index in [0.29, 0.717) is 26.1 Å². The fourth-order valence-corrected chi connectivity index (χ4v) is 3.33. The molecule has 2 rings (SSSR count). The van der Waals surface area contributed by atoms with E-state index in [-0.39, 0.29) is 17.7 Å². The van der Waals surface area contributed by atoms with E-state index in [1.807, 2.05) is 0 Å². The van der Waals surface area contributed by atoms with Gasteiger partial charge in [-0.05, 0) is 25.7 Å². The summed E-state index contributed by atoms with van der Waals surface area (Å²) in [6, 6.07) is -0.701. The van der Waals surface area contributed by atoms with Gasteiger partial charge in [-0.1, -0.05) is 12.8 Å². The third kappa shape index (κ3) is 3.74. The van der Waals surface area contributed by atoms with Crippen LogP contribution >= 0.6 is 0 Å². The van der Waals surface area contributed by atoms with E-state index in [1.54, 1.807) is 9.80 Å². The van der Waals surface area contributed by atoms with Gasteiger partial charge in [0.2, 0.25) is 11.8 Å². The highest BCUT2D eigenvalue weighted by molar-refractivity contribution is 5.86. The van der Waals surface area contributed by atoms with E-state index < -0.39 is 12.0 Å². The molecule has 0 aliphatic carbocycles. The summed E-state index contributed by atoms with van der Waals surface area (Å²) in [6.07, 6.45) is 4.76.